The molecule has 4 N–H and O–H groups in total. The summed E-state index contributed by atoms with van der Waals surface area (Å²) in [5.74, 6) is 7.72. The Morgan fingerprint density at radius 1 is 0.490 bits per heavy atom. The van der Waals surface area contributed by atoms with E-state index in [1.54, 1.807) is 24.3 Å². The number of hydrogen-bond acceptors (Lipinski definition) is 2. The van der Waals surface area contributed by atoms with E-state index in [1.807, 2.05) is 43.3 Å². The Hall–Kier alpha value is -5.30. The molecule has 0 spiro atoms. The van der Waals surface area contributed by atoms with Crippen LogP contribution >= 0.6 is 15.9 Å². The summed E-state index contributed by atoms with van der Waals surface area (Å²) in [6.07, 6.45) is 5.00. The molecule has 51 heavy (non-hydrogen) atoms. The Kier molecular flexibility index (Phi) is 19.7. The Bertz CT molecular complexity index is 1900. The van der Waals surface area contributed by atoms with Gasteiger partial charge in [0.25, 0.3) is 0 Å². The summed E-state index contributed by atoms with van der Waals surface area (Å²) in [4.78, 5) is 0. The number of benzene rings is 6. The van der Waals surface area contributed by atoms with Crippen molar-refractivity contribution in [1.82, 2.24) is 0 Å². The average Bonchev–Trinajstić information content (AvgIpc) is 3.14. The molecule has 0 saturated carbocycles. The van der Waals surface area contributed by atoms with Gasteiger partial charge in [-0.05, 0) is 99.5 Å². The van der Waals surface area contributed by atoms with Crippen LogP contribution in [-0.4, -0.2) is 0 Å². The predicted octanol–water partition coefficient (Wildman–Crippen LogP) is 11.0. The molecular formula is C46H45BrF2N2. The number of terminal acetylenes is 1. The number of aryl methyl sites for hydroxylation is 4. The molecule has 0 heterocycles. The first-order chi connectivity index (χ1) is 24.5. The van der Waals surface area contributed by atoms with Gasteiger partial charge in [0.15, 0.2) is 0 Å². The van der Waals surface area contributed by atoms with E-state index in [2.05, 4.69) is 115 Å². The molecule has 0 atom stereocenters. The molecule has 0 aliphatic heterocycles. The molecule has 0 aromatic heterocycles. The van der Waals surface area contributed by atoms with Crippen molar-refractivity contribution >= 4 is 15.9 Å². The van der Waals surface area contributed by atoms with E-state index in [-0.39, 0.29) is 11.6 Å². The largest absolute Gasteiger partial charge is 0.326 e. The van der Waals surface area contributed by atoms with Gasteiger partial charge < -0.3 is 11.5 Å². The Balaban J connectivity index is 0.000000228. The first-order valence-corrected chi connectivity index (χ1v) is 17.1. The molecule has 6 rings (SSSR count). The van der Waals surface area contributed by atoms with Crippen molar-refractivity contribution < 1.29 is 8.78 Å². The van der Waals surface area contributed by atoms with Crippen LogP contribution in [0.15, 0.2) is 150 Å². The van der Waals surface area contributed by atoms with E-state index in [4.69, 9.17) is 17.9 Å². The van der Waals surface area contributed by atoms with Gasteiger partial charge in [-0.15, -0.1) is 6.42 Å². The van der Waals surface area contributed by atoms with E-state index in [9.17, 15) is 8.78 Å². The molecule has 6 aromatic rings. The molecule has 5 heteroatoms. The molecule has 0 fully saturated rings. The second kappa shape index (κ2) is 24.0. The quantitative estimate of drug-likeness (QED) is 0.174. The van der Waals surface area contributed by atoms with Crippen LogP contribution in [0.25, 0.3) is 0 Å². The maximum Gasteiger partial charge on any atom is 0.124 e. The average molecular weight is 744 g/mol. The zero-order valence-electron chi connectivity index (χ0n) is 29.6. The third-order valence-corrected chi connectivity index (χ3v) is 7.47. The van der Waals surface area contributed by atoms with Crippen LogP contribution in [0.5, 0.6) is 0 Å². The number of rotatable bonds is 2. The minimum atomic E-state index is -0.287. The van der Waals surface area contributed by atoms with Crippen LogP contribution in [0.4, 0.5) is 8.78 Å². The van der Waals surface area contributed by atoms with E-state index in [0.29, 0.717) is 24.2 Å². The van der Waals surface area contributed by atoms with E-state index in [1.165, 1.54) is 57.6 Å². The van der Waals surface area contributed by atoms with Gasteiger partial charge in [0.05, 0.1) is 0 Å². The van der Waals surface area contributed by atoms with Crippen molar-refractivity contribution in [3.05, 3.63) is 212 Å². The molecule has 0 amide bonds. The molecule has 0 unspecified atom stereocenters. The zero-order valence-corrected chi connectivity index (χ0v) is 31.2. The Morgan fingerprint density at radius 3 is 1.20 bits per heavy atom. The lowest BCUT2D eigenvalue weighted by atomic mass is 10.1. The molecule has 0 bridgehead atoms. The van der Waals surface area contributed by atoms with Gasteiger partial charge in [0.2, 0.25) is 0 Å². The summed E-state index contributed by atoms with van der Waals surface area (Å²) in [6, 6.07) is 44.9. The van der Waals surface area contributed by atoms with Crippen molar-refractivity contribution in [1.29, 1.82) is 0 Å². The lowest BCUT2D eigenvalue weighted by molar-refractivity contribution is 0.627. The molecule has 0 saturated heterocycles. The fourth-order valence-corrected chi connectivity index (χ4v) is 4.17. The van der Waals surface area contributed by atoms with Crippen molar-refractivity contribution in [2.45, 2.75) is 40.8 Å². The molecule has 2 nitrogen and oxygen atoms in total. The lowest BCUT2D eigenvalue weighted by Gasteiger charge is -1.94. The second-order valence-electron chi connectivity index (χ2n) is 11.5. The van der Waals surface area contributed by atoms with Crippen molar-refractivity contribution in [2.75, 3.05) is 0 Å². The normalized spacial score (nSPS) is 9.25. The van der Waals surface area contributed by atoms with Crippen LogP contribution < -0.4 is 11.5 Å². The minimum Gasteiger partial charge on any atom is -0.326 e. The van der Waals surface area contributed by atoms with Gasteiger partial charge in [0, 0.05) is 34.3 Å². The molecule has 0 radical (unpaired) electrons. The van der Waals surface area contributed by atoms with Gasteiger partial charge in [-0.3, -0.25) is 0 Å². The molecule has 260 valence electrons. The van der Waals surface area contributed by atoms with E-state index in [0.717, 1.165) is 10.0 Å². The topological polar surface area (TPSA) is 52.0 Å². The van der Waals surface area contributed by atoms with Gasteiger partial charge >= 0.3 is 0 Å². The van der Waals surface area contributed by atoms with Crippen LogP contribution in [-0.2, 0) is 13.1 Å². The van der Waals surface area contributed by atoms with E-state index >= 15 is 0 Å². The minimum absolute atomic E-state index is 0.254. The van der Waals surface area contributed by atoms with Crippen LogP contribution in [0, 0.1) is 63.5 Å². The first-order valence-electron chi connectivity index (χ1n) is 16.3. The Morgan fingerprint density at radius 2 is 0.843 bits per heavy atom. The molecule has 6 aromatic carbocycles. The summed E-state index contributed by atoms with van der Waals surface area (Å²) < 4.78 is 26.3. The first kappa shape index (κ1) is 41.9. The third kappa shape index (κ3) is 18.9. The van der Waals surface area contributed by atoms with Crippen LogP contribution in [0.1, 0.15) is 50.1 Å². The maximum atomic E-state index is 12.9. The van der Waals surface area contributed by atoms with Crippen molar-refractivity contribution in [3.8, 4) is 24.2 Å². The number of hydrogen-bond donors (Lipinski definition) is 2. The van der Waals surface area contributed by atoms with Gasteiger partial charge in [-0.1, -0.05) is 141 Å². The van der Waals surface area contributed by atoms with Gasteiger partial charge in [-0.25, -0.2) is 8.78 Å². The van der Waals surface area contributed by atoms with Gasteiger partial charge in [0.1, 0.15) is 11.6 Å². The fraction of sp³-hybridized carbons (Fsp3) is 0.130. The van der Waals surface area contributed by atoms with Crippen LogP contribution in [0.3, 0.4) is 0 Å². The highest BCUT2D eigenvalue weighted by Crippen LogP contribution is 2.09. The maximum absolute atomic E-state index is 12.9. The van der Waals surface area contributed by atoms with E-state index < -0.39 is 0 Å². The highest BCUT2D eigenvalue weighted by Gasteiger charge is 1.91. The molecule has 0 aliphatic rings. The third-order valence-electron chi connectivity index (χ3n) is 6.94. The van der Waals surface area contributed by atoms with Crippen LogP contribution in [0.2, 0.25) is 0 Å². The summed E-state index contributed by atoms with van der Waals surface area (Å²) >= 11 is 3.35. The lowest BCUT2D eigenvalue weighted by Crippen LogP contribution is -1.94. The number of nitrogens with two attached hydrogens (primary N) is 2. The Labute approximate surface area is 311 Å². The fourth-order valence-electron chi connectivity index (χ4n) is 3.91. The standard InChI is InChI=1S/C15H11F.C8H5F.2C8H11N.C7H7Br/c1-12-5-7-13(8-6-12)9-10-14-3-2-4-15(16)11-14;1-2-7-4-3-5-8(9)6-7;2*1-7-2-4-8(6-9)5-3-7;1-6-2-4-7(8)5-3-6/h2-8,11H,1H3;1,3-6H;2*2-5H,6,9H2,1H3;2-5H,1H3. The van der Waals surface area contributed by atoms with Crippen molar-refractivity contribution in [3.63, 3.8) is 0 Å². The summed E-state index contributed by atoms with van der Waals surface area (Å²) in [5, 5.41) is 0. The predicted molar refractivity (Wildman–Crippen MR) is 215 cm³/mol. The van der Waals surface area contributed by atoms with Gasteiger partial charge in [-0.2, -0.15) is 0 Å². The number of halogens is 3. The summed E-state index contributed by atoms with van der Waals surface area (Å²) in [5.41, 5.74) is 20.5. The highest BCUT2D eigenvalue weighted by atomic mass is 79.9. The summed E-state index contributed by atoms with van der Waals surface area (Å²) in [7, 11) is 0. The molecular weight excluding hydrogens is 698 g/mol. The molecule has 0 aliphatic carbocycles. The SMILES string of the molecule is C#Cc1cccc(F)c1.Cc1ccc(Br)cc1.Cc1ccc(C#Cc2cccc(F)c2)cc1.Cc1ccc(CN)cc1.Cc1ccc(CN)cc1. The smallest absolute Gasteiger partial charge is 0.124 e. The highest BCUT2D eigenvalue weighted by molar-refractivity contribution is 9.10. The monoisotopic (exact) mass is 742 g/mol. The summed E-state index contributed by atoms with van der Waals surface area (Å²) in [6.45, 7) is 9.53. The second-order valence-corrected chi connectivity index (χ2v) is 12.4. The van der Waals surface area contributed by atoms with Crippen molar-refractivity contribution in [2.24, 2.45) is 11.5 Å². The zero-order chi connectivity index (χ0) is 37.4.